The van der Waals surface area contributed by atoms with E-state index in [9.17, 15) is 9.67 Å². The zero-order valence-corrected chi connectivity index (χ0v) is 11.5. The van der Waals surface area contributed by atoms with Crippen molar-refractivity contribution in [3.8, 4) is 5.75 Å². The second-order valence-corrected chi connectivity index (χ2v) is 7.74. The molecule has 0 amide bonds. The van der Waals surface area contributed by atoms with E-state index in [2.05, 4.69) is 11.6 Å². The minimum Gasteiger partial charge on any atom is -0.508 e. The molecule has 2 aromatic rings. The lowest BCUT2D eigenvalue weighted by Crippen LogP contribution is -2.36. The maximum absolute atomic E-state index is 13.4. The number of phenols is 1. The lowest BCUT2D eigenvalue weighted by molar-refractivity contribution is 0.475. The van der Waals surface area contributed by atoms with Crippen LogP contribution in [0.4, 0.5) is 5.69 Å². The van der Waals surface area contributed by atoms with E-state index in [-0.39, 0.29) is 5.75 Å². The van der Waals surface area contributed by atoms with Gasteiger partial charge in [0.1, 0.15) is 12.9 Å². The minimum absolute atomic E-state index is 0.122. The van der Waals surface area contributed by atoms with Gasteiger partial charge in [0.15, 0.2) is 0 Å². The van der Waals surface area contributed by atoms with Crippen molar-refractivity contribution >= 4 is 30.0 Å². The van der Waals surface area contributed by atoms with E-state index >= 15 is 0 Å². The molecule has 1 N–H and O–H groups in total. The fourth-order valence-corrected chi connectivity index (χ4v) is 5.09. The summed E-state index contributed by atoms with van der Waals surface area (Å²) < 4.78 is 13.4. The fourth-order valence-electron chi connectivity index (χ4n) is 2.45. The van der Waals surface area contributed by atoms with Crippen molar-refractivity contribution in [3.05, 3.63) is 47.0 Å². The number of nitrogens with zero attached hydrogens (tertiary/aromatic N) is 1. The molecule has 1 heterocycles. The number of benzene rings is 2. The quantitative estimate of drug-likeness (QED) is 0.797. The predicted molar refractivity (Wildman–Crippen MR) is 77.9 cm³/mol. The number of aromatic hydroxyl groups is 1. The highest BCUT2D eigenvalue weighted by atomic mass is 31.2. The minimum atomic E-state index is -2.72. The van der Waals surface area contributed by atoms with Gasteiger partial charge in [-0.25, -0.2) is 4.99 Å². The molecule has 0 spiro atoms. The van der Waals surface area contributed by atoms with Gasteiger partial charge in [-0.15, -0.1) is 0 Å². The molecule has 0 saturated carbocycles. The van der Waals surface area contributed by atoms with Gasteiger partial charge in [0.05, 0.1) is 11.0 Å². The van der Waals surface area contributed by atoms with Crippen molar-refractivity contribution in [2.24, 2.45) is 4.99 Å². The van der Waals surface area contributed by atoms with Crippen LogP contribution in [-0.2, 0) is 4.57 Å². The van der Waals surface area contributed by atoms with Gasteiger partial charge in [0, 0.05) is 16.8 Å². The molecule has 1 atom stereocenters. The summed E-state index contributed by atoms with van der Waals surface area (Å²) >= 11 is 0. The molecule has 0 radical (unpaired) electrons. The van der Waals surface area contributed by atoms with Crippen molar-refractivity contribution in [2.45, 2.75) is 6.92 Å². The second-order valence-electron chi connectivity index (χ2n) is 4.66. The summed E-state index contributed by atoms with van der Waals surface area (Å²) in [4.78, 5) is 4.52. The molecule has 0 aromatic heterocycles. The standard InChI is InChI=1S/C15H14NO2P/c1-3-19(18)14-8-10(2)4-6-12(14)16-13-7-5-11(17)9-15(13)19/h4-9,17H,2-3H2,1H3. The monoisotopic (exact) mass is 271 g/mol. The van der Waals surface area contributed by atoms with Gasteiger partial charge in [-0.1, -0.05) is 19.6 Å². The van der Waals surface area contributed by atoms with Crippen LogP contribution in [0.5, 0.6) is 5.75 Å². The average molecular weight is 271 g/mol. The third-order valence-electron chi connectivity index (χ3n) is 3.46. The van der Waals surface area contributed by atoms with Gasteiger partial charge in [-0.3, -0.25) is 0 Å². The normalized spacial score (nSPS) is 20.3. The lowest BCUT2D eigenvalue weighted by Gasteiger charge is -2.23. The molecular weight excluding hydrogens is 257 g/mol. The van der Waals surface area contributed by atoms with Crippen LogP contribution in [0.3, 0.4) is 0 Å². The van der Waals surface area contributed by atoms with E-state index in [0.717, 1.165) is 15.9 Å². The molecule has 0 bridgehead atoms. The predicted octanol–water partition coefficient (Wildman–Crippen LogP) is 1.40. The maximum Gasteiger partial charge on any atom is 0.147 e. The van der Waals surface area contributed by atoms with Crippen LogP contribution in [0.1, 0.15) is 6.92 Å². The summed E-state index contributed by atoms with van der Waals surface area (Å²) in [6.45, 7) is 5.79. The molecule has 96 valence electrons. The first-order valence-corrected chi connectivity index (χ1v) is 8.05. The van der Waals surface area contributed by atoms with Crippen LogP contribution in [0.25, 0.3) is 6.58 Å². The topological polar surface area (TPSA) is 49.7 Å². The highest BCUT2D eigenvalue weighted by Crippen LogP contribution is 2.46. The van der Waals surface area contributed by atoms with E-state index < -0.39 is 7.14 Å². The van der Waals surface area contributed by atoms with Gasteiger partial charge in [0.2, 0.25) is 0 Å². The number of rotatable bonds is 1. The number of fused-ring (bicyclic) bond motifs is 2. The van der Waals surface area contributed by atoms with Crippen molar-refractivity contribution in [1.29, 1.82) is 0 Å². The van der Waals surface area contributed by atoms with E-state index in [1.807, 2.05) is 25.1 Å². The van der Waals surface area contributed by atoms with Gasteiger partial charge < -0.3 is 9.67 Å². The number of phenolic OH excluding ortho intramolecular Hbond substituents is 1. The Morgan fingerprint density at radius 2 is 2.00 bits per heavy atom. The molecule has 1 aliphatic heterocycles. The average Bonchev–Trinajstić information content (AvgIpc) is 2.41. The molecule has 3 rings (SSSR count). The smallest absolute Gasteiger partial charge is 0.147 e. The van der Waals surface area contributed by atoms with Crippen molar-refractivity contribution in [3.63, 3.8) is 0 Å². The molecule has 1 aliphatic rings. The van der Waals surface area contributed by atoms with Crippen molar-refractivity contribution in [1.82, 2.24) is 0 Å². The van der Waals surface area contributed by atoms with Crippen LogP contribution in [0.15, 0.2) is 41.4 Å². The Balaban J connectivity index is 2.48. The molecule has 4 heteroatoms. The Morgan fingerprint density at radius 3 is 2.74 bits per heavy atom. The van der Waals surface area contributed by atoms with Crippen LogP contribution in [0, 0.1) is 0 Å². The van der Waals surface area contributed by atoms with Gasteiger partial charge in [-0.2, -0.15) is 0 Å². The van der Waals surface area contributed by atoms with E-state index in [1.54, 1.807) is 18.2 Å². The Kier molecular flexibility index (Phi) is 2.61. The Bertz CT molecular complexity index is 827. The number of hydrogen-bond donors (Lipinski definition) is 1. The Hall–Kier alpha value is -1.86. The maximum atomic E-state index is 13.4. The van der Waals surface area contributed by atoms with Gasteiger partial charge in [-0.05, 0) is 35.6 Å². The summed E-state index contributed by atoms with van der Waals surface area (Å²) in [6.07, 6.45) is 0.509. The zero-order valence-electron chi connectivity index (χ0n) is 10.6. The van der Waals surface area contributed by atoms with Crippen LogP contribution >= 0.6 is 7.14 Å². The summed E-state index contributed by atoms with van der Waals surface area (Å²) in [7, 11) is -2.72. The molecular formula is C15H14NO2P. The Labute approximate surface area is 111 Å². The highest BCUT2D eigenvalue weighted by molar-refractivity contribution is 7.79. The SMILES string of the molecule is C=c1ccc2c(c1)P(=O)(CC)c1cc(O)ccc1N=2. The fraction of sp³-hybridized carbons (Fsp3) is 0.133. The first-order valence-electron chi connectivity index (χ1n) is 6.15. The van der Waals surface area contributed by atoms with E-state index in [1.165, 1.54) is 0 Å². The van der Waals surface area contributed by atoms with Crippen LogP contribution in [0.2, 0.25) is 0 Å². The molecule has 0 aliphatic carbocycles. The molecule has 3 nitrogen and oxygen atoms in total. The number of hydrogen-bond acceptors (Lipinski definition) is 3. The molecule has 1 unspecified atom stereocenters. The molecule has 2 aromatic carbocycles. The van der Waals surface area contributed by atoms with E-state index in [4.69, 9.17) is 0 Å². The molecule has 0 fully saturated rings. The van der Waals surface area contributed by atoms with Crippen LogP contribution < -0.4 is 21.2 Å². The third-order valence-corrected chi connectivity index (χ3v) is 6.63. The highest BCUT2D eigenvalue weighted by Gasteiger charge is 2.32. The van der Waals surface area contributed by atoms with E-state index in [0.29, 0.717) is 17.2 Å². The third kappa shape index (κ3) is 1.73. The summed E-state index contributed by atoms with van der Waals surface area (Å²) in [6, 6.07) is 10.4. The van der Waals surface area contributed by atoms with Crippen LogP contribution in [-0.4, -0.2) is 11.3 Å². The van der Waals surface area contributed by atoms with Crippen molar-refractivity contribution < 1.29 is 9.67 Å². The van der Waals surface area contributed by atoms with Gasteiger partial charge in [0.25, 0.3) is 0 Å². The van der Waals surface area contributed by atoms with Gasteiger partial charge >= 0.3 is 0 Å². The second kappa shape index (κ2) is 4.07. The summed E-state index contributed by atoms with van der Waals surface area (Å²) in [5.74, 6) is 0.122. The summed E-state index contributed by atoms with van der Waals surface area (Å²) in [5, 5.41) is 12.6. The molecule has 19 heavy (non-hydrogen) atoms. The largest absolute Gasteiger partial charge is 0.508 e. The lowest BCUT2D eigenvalue weighted by atomic mass is 10.2. The van der Waals surface area contributed by atoms with Crippen molar-refractivity contribution in [2.75, 3.05) is 6.16 Å². The summed E-state index contributed by atoms with van der Waals surface area (Å²) in [5.41, 5.74) is 0.687. The molecule has 0 saturated heterocycles. The zero-order chi connectivity index (χ0) is 13.6. The first kappa shape index (κ1) is 12.2. The Morgan fingerprint density at radius 1 is 1.21 bits per heavy atom. The first-order chi connectivity index (χ1) is 9.04.